The van der Waals surface area contributed by atoms with Gasteiger partial charge in [-0.25, -0.2) is 0 Å². The third-order valence-electron chi connectivity index (χ3n) is 4.65. The van der Waals surface area contributed by atoms with Crippen LogP contribution in [0.1, 0.15) is 71.2 Å². The van der Waals surface area contributed by atoms with E-state index in [1.807, 2.05) is 18.2 Å². The monoisotopic (exact) mass is 400 g/mol. The molecule has 3 rings (SSSR count). The second-order valence-corrected chi connectivity index (χ2v) is 10.6. The zero-order valence-corrected chi connectivity index (χ0v) is 18.5. The van der Waals surface area contributed by atoms with Gasteiger partial charge in [0.05, 0.1) is 12.3 Å². The molecule has 1 saturated carbocycles. The molecule has 152 valence electrons. The Labute approximate surface area is 172 Å². The van der Waals surface area contributed by atoms with Gasteiger partial charge in [-0.05, 0) is 44.1 Å². The Bertz CT molecular complexity index is 804. The van der Waals surface area contributed by atoms with Crippen molar-refractivity contribution in [3.8, 4) is 0 Å². The van der Waals surface area contributed by atoms with Gasteiger partial charge in [-0.1, -0.05) is 62.9 Å². The fourth-order valence-electron chi connectivity index (χ4n) is 3.88. The maximum Gasteiger partial charge on any atom is 0.230 e. The number of thioether (sulfide) groups is 1. The molecule has 0 spiro atoms. The molecule has 0 aliphatic heterocycles. The van der Waals surface area contributed by atoms with E-state index in [2.05, 4.69) is 66.8 Å². The number of carbonyl (C=O) groups is 1. The van der Waals surface area contributed by atoms with Gasteiger partial charge in [0.15, 0.2) is 5.16 Å². The molecule has 2 aromatic rings. The van der Waals surface area contributed by atoms with Crippen molar-refractivity contribution in [1.29, 1.82) is 0 Å². The summed E-state index contributed by atoms with van der Waals surface area (Å²) in [6.07, 6.45) is 3.28. The molecule has 0 radical (unpaired) electrons. The molecule has 1 aliphatic carbocycles. The first-order valence-corrected chi connectivity index (χ1v) is 11.0. The van der Waals surface area contributed by atoms with E-state index < -0.39 is 0 Å². The molecule has 0 atom stereocenters. The minimum Gasteiger partial charge on any atom is -0.350 e. The average molecular weight is 401 g/mol. The summed E-state index contributed by atoms with van der Waals surface area (Å²) in [6, 6.07) is 10.4. The predicted octanol–water partition coefficient (Wildman–Crippen LogP) is 4.63. The molecular weight excluding hydrogens is 368 g/mol. The third-order valence-corrected chi connectivity index (χ3v) is 5.62. The van der Waals surface area contributed by atoms with Crippen LogP contribution in [0.4, 0.5) is 0 Å². The fourth-order valence-corrected chi connectivity index (χ4v) is 4.62. The molecule has 0 saturated heterocycles. The van der Waals surface area contributed by atoms with E-state index in [9.17, 15) is 4.79 Å². The first kappa shape index (κ1) is 20.9. The van der Waals surface area contributed by atoms with Crippen molar-refractivity contribution < 1.29 is 4.79 Å². The van der Waals surface area contributed by atoms with Gasteiger partial charge in [-0.3, -0.25) is 4.79 Å². The molecule has 0 unspecified atom stereocenters. The van der Waals surface area contributed by atoms with Crippen molar-refractivity contribution in [1.82, 2.24) is 20.1 Å². The van der Waals surface area contributed by atoms with Crippen LogP contribution in [-0.2, 0) is 11.3 Å². The molecule has 1 amide bonds. The van der Waals surface area contributed by atoms with E-state index in [4.69, 9.17) is 0 Å². The molecule has 28 heavy (non-hydrogen) atoms. The van der Waals surface area contributed by atoms with Crippen LogP contribution in [0.25, 0.3) is 0 Å². The molecule has 1 heterocycles. The van der Waals surface area contributed by atoms with Crippen LogP contribution in [0.2, 0.25) is 0 Å². The molecule has 1 aliphatic rings. The van der Waals surface area contributed by atoms with Crippen molar-refractivity contribution in [2.45, 2.75) is 77.0 Å². The molecule has 1 aromatic heterocycles. The normalized spacial score (nSPS) is 14.9. The number of aromatic nitrogens is 3. The highest BCUT2D eigenvalue weighted by atomic mass is 32.2. The van der Waals surface area contributed by atoms with Crippen LogP contribution in [0.5, 0.6) is 0 Å². The Kier molecular flexibility index (Phi) is 6.18. The second kappa shape index (κ2) is 8.27. The Morgan fingerprint density at radius 2 is 1.82 bits per heavy atom. The SMILES string of the molecule is CC(C)(C)CC(C)(C)NC(=O)CSc1nnc(C2CC2)n1Cc1ccccc1. The molecule has 5 nitrogen and oxygen atoms in total. The quantitative estimate of drug-likeness (QED) is 0.657. The van der Waals surface area contributed by atoms with Gasteiger partial charge in [-0.15, -0.1) is 10.2 Å². The highest BCUT2D eigenvalue weighted by Gasteiger charge is 2.31. The van der Waals surface area contributed by atoms with Gasteiger partial charge in [-0.2, -0.15) is 0 Å². The molecule has 1 aromatic carbocycles. The van der Waals surface area contributed by atoms with Crippen molar-refractivity contribution >= 4 is 17.7 Å². The summed E-state index contributed by atoms with van der Waals surface area (Å²) in [5.74, 6) is 1.97. The summed E-state index contributed by atoms with van der Waals surface area (Å²) in [7, 11) is 0. The molecule has 0 bridgehead atoms. The van der Waals surface area contributed by atoms with Gasteiger partial charge in [0, 0.05) is 11.5 Å². The first-order valence-electron chi connectivity index (χ1n) is 10.0. The summed E-state index contributed by atoms with van der Waals surface area (Å²) >= 11 is 1.48. The van der Waals surface area contributed by atoms with Gasteiger partial charge >= 0.3 is 0 Å². The van der Waals surface area contributed by atoms with Crippen molar-refractivity contribution in [2.75, 3.05) is 5.75 Å². The topological polar surface area (TPSA) is 59.8 Å². The fraction of sp³-hybridized carbons (Fsp3) is 0.591. The van der Waals surface area contributed by atoms with E-state index in [0.29, 0.717) is 11.7 Å². The minimum atomic E-state index is -0.229. The number of rotatable bonds is 8. The Hall–Kier alpha value is -1.82. The number of nitrogens with one attached hydrogen (secondary N) is 1. The molecule has 1 fully saturated rings. The standard InChI is InChI=1S/C22H32N4OS/c1-21(2,3)15-22(4,5)23-18(27)14-28-20-25-24-19(17-11-12-17)26(20)13-16-9-7-6-8-10-16/h6-10,17H,11-15H2,1-5H3,(H,23,27). The lowest BCUT2D eigenvalue weighted by Crippen LogP contribution is -2.46. The first-order chi connectivity index (χ1) is 13.1. The zero-order valence-electron chi connectivity index (χ0n) is 17.7. The van der Waals surface area contributed by atoms with Crippen LogP contribution in [-0.4, -0.2) is 32.0 Å². The largest absolute Gasteiger partial charge is 0.350 e. The number of nitrogens with zero attached hydrogens (tertiary/aromatic N) is 3. The highest BCUT2D eigenvalue weighted by Crippen LogP contribution is 2.40. The smallest absolute Gasteiger partial charge is 0.230 e. The van der Waals surface area contributed by atoms with E-state index in [1.54, 1.807) is 0 Å². The maximum absolute atomic E-state index is 12.6. The third kappa shape index (κ3) is 6.09. The van der Waals surface area contributed by atoms with Crippen LogP contribution in [0, 0.1) is 5.41 Å². The Balaban J connectivity index is 1.65. The van der Waals surface area contributed by atoms with Crippen LogP contribution >= 0.6 is 11.8 Å². The minimum absolute atomic E-state index is 0.0430. The number of hydrogen-bond donors (Lipinski definition) is 1. The number of carbonyl (C=O) groups excluding carboxylic acids is 1. The lowest BCUT2D eigenvalue weighted by molar-refractivity contribution is -0.120. The highest BCUT2D eigenvalue weighted by molar-refractivity contribution is 7.99. The van der Waals surface area contributed by atoms with E-state index in [0.717, 1.165) is 23.9 Å². The van der Waals surface area contributed by atoms with Gasteiger partial charge in [0.25, 0.3) is 0 Å². The Morgan fingerprint density at radius 3 is 2.43 bits per heavy atom. The molecule has 1 N–H and O–H groups in total. The van der Waals surface area contributed by atoms with E-state index in [-0.39, 0.29) is 16.9 Å². The molecule has 6 heteroatoms. The summed E-state index contributed by atoms with van der Waals surface area (Å²) in [4.78, 5) is 12.6. The van der Waals surface area contributed by atoms with Gasteiger partial charge in [0.1, 0.15) is 5.82 Å². The lowest BCUT2D eigenvalue weighted by atomic mass is 9.82. The van der Waals surface area contributed by atoms with Gasteiger partial charge < -0.3 is 9.88 Å². The van der Waals surface area contributed by atoms with Crippen LogP contribution in [0.15, 0.2) is 35.5 Å². The zero-order chi connectivity index (χ0) is 20.4. The lowest BCUT2D eigenvalue weighted by Gasteiger charge is -2.33. The van der Waals surface area contributed by atoms with E-state index in [1.165, 1.54) is 30.2 Å². The summed E-state index contributed by atoms with van der Waals surface area (Å²) in [6.45, 7) is 11.5. The average Bonchev–Trinajstić information content (AvgIpc) is 3.34. The second-order valence-electron chi connectivity index (χ2n) is 9.64. The van der Waals surface area contributed by atoms with Gasteiger partial charge in [0.2, 0.25) is 5.91 Å². The summed E-state index contributed by atoms with van der Waals surface area (Å²) < 4.78 is 2.19. The van der Waals surface area contributed by atoms with Crippen molar-refractivity contribution in [3.63, 3.8) is 0 Å². The number of hydrogen-bond acceptors (Lipinski definition) is 4. The summed E-state index contributed by atoms with van der Waals surface area (Å²) in [5.41, 5.74) is 1.16. The Morgan fingerprint density at radius 1 is 1.14 bits per heavy atom. The maximum atomic E-state index is 12.6. The van der Waals surface area contributed by atoms with Crippen molar-refractivity contribution in [3.05, 3.63) is 41.7 Å². The van der Waals surface area contributed by atoms with Crippen molar-refractivity contribution in [2.24, 2.45) is 5.41 Å². The number of amides is 1. The summed E-state index contributed by atoms with van der Waals surface area (Å²) in [5, 5.41) is 12.8. The van der Waals surface area contributed by atoms with Crippen LogP contribution in [0.3, 0.4) is 0 Å². The van der Waals surface area contributed by atoms with E-state index >= 15 is 0 Å². The molecular formula is C22H32N4OS. The predicted molar refractivity (Wildman–Crippen MR) is 115 cm³/mol. The number of benzene rings is 1. The van der Waals surface area contributed by atoms with Crippen LogP contribution < -0.4 is 5.32 Å².